The number of methoxy groups -OCH3 is 1. The molecule has 1 aromatic heterocycles. The zero-order chi connectivity index (χ0) is 20.5. The third kappa shape index (κ3) is 5.61. The Bertz CT molecular complexity index is 1020. The maximum absolute atomic E-state index is 12.6. The van der Waals surface area contributed by atoms with Crippen molar-refractivity contribution >= 4 is 17.4 Å². The average Bonchev–Trinajstić information content (AvgIpc) is 2.77. The van der Waals surface area contributed by atoms with Gasteiger partial charge in [-0.15, -0.1) is 0 Å². The zero-order valence-corrected chi connectivity index (χ0v) is 16.1. The van der Waals surface area contributed by atoms with E-state index in [0.29, 0.717) is 42.5 Å². The number of hydrogen-bond donors (Lipinski definition) is 2. The van der Waals surface area contributed by atoms with Crippen LogP contribution in [-0.2, 0) is 4.74 Å². The number of anilines is 2. The highest BCUT2D eigenvalue weighted by Gasteiger charge is 2.13. The molecule has 0 aliphatic carbocycles. The van der Waals surface area contributed by atoms with Gasteiger partial charge in [0, 0.05) is 37.6 Å². The number of hydrogen-bond acceptors (Lipinski definition) is 6. The Morgan fingerprint density at radius 1 is 1.10 bits per heavy atom. The van der Waals surface area contributed by atoms with Gasteiger partial charge in [0.05, 0.1) is 11.6 Å². The summed E-state index contributed by atoms with van der Waals surface area (Å²) in [6.45, 7) is 1.06. The van der Waals surface area contributed by atoms with E-state index in [1.54, 1.807) is 31.4 Å². The molecule has 2 aromatic carbocycles. The van der Waals surface area contributed by atoms with Crippen LogP contribution in [-0.4, -0.2) is 36.1 Å². The van der Waals surface area contributed by atoms with Gasteiger partial charge in [-0.1, -0.05) is 36.4 Å². The number of rotatable bonds is 8. The molecule has 2 N–H and O–H groups in total. The molecular weight excluding hydrogens is 366 g/mol. The summed E-state index contributed by atoms with van der Waals surface area (Å²) in [5.41, 5.74) is 2.29. The van der Waals surface area contributed by atoms with Crippen molar-refractivity contribution in [3.05, 3.63) is 71.9 Å². The minimum absolute atomic E-state index is 0.259. The molecule has 0 saturated carbocycles. The number of benzene rings is 2. The number of nitrogens with zero attached hydrogens (tertiary/aromatic N) is 3. The number of amides is 1. The lowest BCUT2D eigenvalue weighted by atomic mass is 10.2. The summed E-state index contributed by atoms with van der Waals surface area (Å²) in [7, 11) is 1.62. The van der Waals surface area contributed by atoms with Gasteiger partial charge < -0.3 is 15.4 Å². The Balaban J connectivity index is 1.90. The molecule has 7 heteroatoms. The van der Waals surface area contributed by atoms with E-state index in [-0.39, 0.29) is 11.6 Å². The highest BCUT2D eigenvalue weighted by atomic mass is 16.5. The SMILES string of the molecule is COCCCNC(=O)c1cc(Nc2cccc(C#N)c2)nc(-c2ccccc2)n1. The summed E-state index contributed by atoms with van der Waals surface area (Å²) in [6, 6.07) is 20.2. The minimum Gasteiger partial charge on any atom is -0.385 e. The van der Waals surface area contributed by atoms with Gasteiger partial charge >= 0.3 is 0 Å². The lowest BCUT2D eigenvalue weighted by Gasteiger charge is -2.11. The van der Waals surface area contributed by atoms with Crippen LogP contribution >= 0.6 is 0 Å². The van der Waals surface area contributed by atoms with E-state index in [4.69, 9.17) is 10.00 Å². The monoisotopic (exact) mass is 387 g/mol. The van der Waals surface area contributed by atoms with Gasteiger partial charge in [0.25, 0.3) is 5.91 Å². The molecule has 29 heavy (non-hydrogen) atoms. The number of ether oxygens (including phenoxy) is 1. The average molecular weight is 387 g/mol. The predicted octanol–water partition coefficient (Wildman–Crippen LogP) is 3.53. The maximum atomic E-state index is 12.6. The van der Waals surface area contributed by atoms with Crippen LogP contribution in [0.5, 0.6) is 0 Å². The standard InChI is InChI=1S/C22H21N5O2/c1-29-12-6-11-24-22(28)19-14-20(25-18-10-5-7-16(13-18)15-23)27-21(26-19)17-8-3-2-4-9-17/h2-5,7-10,13-14H,6,11-12H2,1H3,(H,24,28)(H,25,26,27). The topological polar surface area (TPSA) is 99.9 Å². The van der Waals surface area contributed by atoms with Crippen LogP contribution in [0, 0.1) is 11.3 Å². The highest BCUT2D eigenvalue weighted by molar-refractivity contribution is 5.93. The molecule has 0 bridgehead atoms. The van der Waals surface area contributed by atoms with Crippen molar-refractivity contribution in [3.8, 4) is 17.5 Å². The molecule has 0 atom stereocenters. The molecule has 146 valence electrons. The van der Waals surface area contributed by atoms with Gasteiger partial charge in [-0.3, -0.25) is 4.79 Å². The van der Waals surface area contributed by atoms with Crippen LogP contribution in [0.2, 0.25) is 0 Å². The van der Waals surface area contributed by atoms with E-state index in [0.717, 1.165) is 5.56 Å². The van der Waals surface area contributed by atoms with Gasteiger partial charge in [0.1, 0.15) is 11.5 Å². The predicted molar refractivity (Wildman–Crippen MR) is 111 cm³/mol. The summed E-state index contributed by atoms with van der Waals surface area (Å²) in [5.74, 6) is 0.625. The third-order valence-corrected chi connectivity index (χ3v) is 4.07. The lowest BCUT2D eigenvalue weighted by Crippen LogP contribution is -2.26. The maximum Gasteiger partial charge on any atom is 0.270 e. The molecule has 3 rings (SSSR count). The zero-order valence-electron chi connectivity index (χ0n) is 16.1. The van der Waals surface area contributed by atoms with E-state index >= 15 is 0 Å². The van der Waals surface area contributed by atoms with Gasteiger partial charge in [-0.05, 0) is 24.6 Å². The number of nitrogens with one attached hydrogen (secondary N) is 2. The quantitative estimate of drug-likeness (QED) is 0.574. The molecular formula is C22H21N5O2. The first-order valence-electron chi connectivity index (χ1n) is 9.18. The highest BCUT2D eigenvalue weighted by Crippen LogP contribution is 2.21. The molecule has 1 heterocycles. The summed E-state index contributed by atoms with van der Waals surface area (Å²) >= 11 is 0. The van der Waals surface area contributed by atoms with Gasteiger partial charge in [-0.2, -0.15) is 5.26 Å². The first kappa shape index (κ1) is 20.0. The molecule has 3 aromatic rings. The number of carbonyl (C=O) groups is 1. The first-order chi connectivity index (χ1) is 14.2. The van der Waals surface area contributed by atoms with E-state index in [9.17, 15) is 4.79 Å². The lowest BCUT2D eigenvalue weighted by molar-refractivity contribution is 0.0943. The molecule has 1 amide bonds. The summed E-state index contributed by atoms with van der Waals surface area (Å²) in [6.07, 6.45) is 0.713. The normalized spacial score (nSPS) is 10.2. The summed E-state index contributed by atoms with van der Waals surface area (Å²) in [5, 5.41) is 15.1. The first-order valence-corrected chi connectivity index (χ1v) is 9.18. The Morgan fingerprint density at radius 3 is 2.69 bits per heavy atom. The van der Waals surface area contributed by atoms with Crippen LogP contribution < -0.4 is 10.6 Å². The summed E-state index contributed by atoms with van der Waals surface area (Å²) < 4.78 is 5.00. The molecule has 7 nitrogen and oxygen atoms in total. The molecule has 0 aliphatic rings. The van der Waals surface area contributed by atoms with Crippen molar-refractivity contribution in [3.63, 3.8) is 0 Å². The van der Waals surface area contributed by atoms with Crippen molar-refractivity contribution in [2.75, 3.05) is 25.6 Å². The van der Waals surface area contributed by atoms with Crippen molar-refractivity contribution in [1.82, 2.24) is 15.3 Å². The van der Waals surface area contributed by atoms with Crippen LogP contribution in [0.3, 0.4) is 0 Å². The van der Waals surface area contributed by atoms with Gasteiger partial charge in [0.15, 0.2) is 5.82 Å². The van der Waals surface area contributed by atoms with Crippen LogP contribution in [0.4, 0.5) is 11.5 Å². The van der Waals surface area contributed by atoms with E-state index in [1.165, 1.54) is 0 Å². The molecule has 0 radical (unpaired) electrons. The van der Waals surface area contributed by atoms with E-state index in [2.05, 4.69) is 26.7 Å². The third-order valence-electron chi connectivity index (χ3n) is 4.07. The number of carbonyl (C=O) groups excluding carboxylic acids is 1. The fourth-order valence-electron chi connectivity index (χ4n) is 2.67. The number of aromatic nitrogens is 2. The fraction of sp³-hybridized carbons (Fsp3) is 0.182. The molecule has 0 spiro atoms. The Labute approximate surface area is 169 Å². The second kappa shape index (κ2) is 9.97. The number of nitriles is 1. The Hall–Kier alpha value is -3.76. The smallest absolute Gasteiger partial charge is 0.270 e. The van der Waals surface area contributed by atoms with Crippen LogP contribution in [0.15, 0.2) is 60.7 Å². The van der Waals surface area contributed by atoms with E-state index < -0.39 is 0 Å². The molecule has 0 aliphatic heterocycles. The molecule has 0 saturated heterocycles. The van der Waals surface area contributed by atoms with Crippen molar-refractivity contribution in [2.24, 2.45) is 0 Å². The summed E-state index contributed by atoms with van der Waals surface area (Å²) in [4.78, 5) is 21.6. The van der Waals surface area contributed by atoms with Crippen LogP contribution in [0.25, 0.3) is 11.4 Å². The second-order valence-corrected chi connectivity index (χ2v) is 6.25. The van der Waals surface area contributed by atoms with Crippen LogP contribution in [0.1, 0.15) is 22.5 Å². The second-order valence-electron chi connectivity index (χ2n) is 6.25. The van der Waals surface area contributed by atoms with Gasteiger partial charge in [0.2, 0.25) is 0 Å². The Kier molecular flexibility index (Phi) is 6.87. The molecule has 0 fully saturated rings. The molecule has 0 unspecified atom stereocenters. The minimum atomic E-state index is -0.283. The fourth-order valence-corrected chi connectivity index (χ4v) is 2.67. The van der Waals surface area contributed by atoms with Crippen molar-refractivity contribution in [2.45, 2.75) is 6.42 Å². The largest absolute Gasteiger partial charge is 0.385 e. The van der Waals surface area contributed by atoms with Crippen molar-refractivity contribution < 1.29 is 9.53 Å². The van der Waals surface area contributed by atoms with Gasteiger partial charge in [-0.25, -0.2) is 9.97 Å². The van der Waals surface area contributed by atoms with Crippen molar-refractivity contribution in [1.29, 1.82) is 5.26 Å². The Morgan fingerprint density at radius 2 is 1.93 bits per heavy atom. The van der Waals surface area contributed by atoms with E-state index in [1.807, 2.05) is 36.4 Å².